The molecule has 0 saturated heterocycles. The zero-order valence-corrected chi connectivity index (χ0v) is 19.8. The summed E-state index contributed by atoms with van der Waals surface area (Å²) in [6.07, 6.45) is 1.54. The number of nitro benzene ring substituents is 1. The van der Waals surface area contributed by atoms with E-state index in [0.29, 0.717) is 31.8 Å². The molecule has 0 fully saturated rings. The number of hydrogen-bond acceptors (Lipinski definition) is 7. The SMILES string of the molecule is COc1cc(/C=C2\N=C(c3ccc([N+](=O)[O-])cc3)OC2=O)cc(I)c1OCc1cccc(F)c1. The molecule has 1 aliphatic heterocycles. The van der Waals surface area contributed by atoms with Crippen LogP contribution in [0.2, 0.25) is 0 Å². The molecule has 0 amide bonds. The maximum absolute atomic E-state index is 13.4. The van der Waals surface area contributed by atoms with Gasteiger partial charge >= 0.3 is 5.97 Å². The van der Waals surface area contributed by atoms with Gasteiger partial charge in [-0.3, -0.25) is 10.1 Å². The van der Waals surface area contributed by atoms with E-state index in [4.69, 9.17) is 14.2 Å². The molecule has 3 aromatic rings. The molecule has 3 aromatic carbocycles. The lowest BCUT2D eigenvalue weighted by atomic mass is 10.1. The maximum atomic E-state index is 13.4. The third-order valence-electron chi connectivity index (χ3n) is 4.77. The largest absolute Gasteiger partial charge is 0.493 e. The lowest BCUT2D eigenvalue weighted by molar-refractivity contribution is -0.384. The van der Waals surface area contributed by atoms with Crippen LogP contribution in [0.5, 0.6) is 11.5 Å². The van der Waals surface area contributed by atoms with Gasteiger partial charge in [0.2, 0.25) is 5.90 Å². The maximum Gasteiger partial charge on any atom is 0.363 e. The lowest BCUT2D eigenvalue weighted by Gasteiger charge is -2.14. The van der Waals surface area contributed by atoms with Crippen LogP contribution in [0.1, 0.15) is 16.7 Å². The molecule has 172 valence electrons. The van der Waals surface area contributed by atoms with E-state index in [1.807, 2.05) is 0 Å². The van der Waals surface area contributed by atoms with Gasteiger partial charge in [0.1, 0.15) is 12.4 Å². The Kier molecular flexibility index (Phi) is 6.87. The molecule has 0 aromatic heterocycles. The van der Waals surface area contributed by atoms with Crippen LogP contribution < -0.4 is 9.47 Å². The van der Waals surface area contributed by atoms with Crippen LogP contribution in [0.4, 0.5) is 10.1 Å². The third kappa shape index (κ3) is 5.22. The molecule has 8 nitrogen and oxygen atoms in total. The number of carbonyl (C=O) groups excluding carboxylic acids is 1. The Bertz CT molecular complexity index is 1340. The quantitative estimate of drug-likeness (QED) is 0.125. The number of carbonyl (C=O) groups is 1. The van der Waals surface area contributed by atoms with E-state index in [-0.39, 0.29) is 29.7 Å². The zero-order chi connectivity index (χ0) is 24.2. The highest BCUT2D eigenvalue weighted by Crippen LogP contribution is 2.35. The number of cyclic esters (lactones) is 1. The molecule has 34 heavy (non-hydrogen) atoms. The minimum absolute atomic E-state index is 0.0582. The first-order chi connectivity index (χ1) is 16.3. The second-order valence-electron chi connectivity index (χ2n) is 7.09. The van der Waals surface area contributed by atoms with Gasteiger partial charge < -0.3 is 14.2 Å². The number of hydrogen-bond donors (Lipinski definition) is 0. The molecule has 4 rings (SSSR count). The Morgan fingerprint density at radius 2 is 1.94 bits per heavy atom. The molecule has 0 bridgehead atoms. The Balaban J connectivity index is 1.57. The summed E-state index contributed by atoms with van der Waals surface area (Å²) in [5.74, 6) is -0.0156. The van der Waals surface area contributed by atoms with Gasteiger partial charge in [-0.15, -0.1) is 0 Å². The van der Waals surface area contributed by atoms with Gasteiger partial charge in [0.15, 0.2) is 17.2 Å². The molecule has 0 radical (unpaired) electrons. The van der Waals surface area contributed by atoms with Crippen LogP contribution in [-0.2, 0) is 16.1 Å². The van der Waals surface area contributed by atoms with Crippen molar-refractivity contribution in [3.8, 4) is 11.5 Å². The molecule has 0 N–H and O–H groups in total. The summed E-state index contributed by atoms with van der Waals surface area (Å²) in [4.78, 5) is 26.9. The molecule has 1 heterocycles. The summed E-state index contributed by atoms with van der Waals surface area (Å²) in [6, 6.07) is 15.1. The Hall–Kier alpha value is -3.80. The Morgan fingerprint density at radius 3 is 2.62 bits per heavy atom. The zero-order valence-electron chi connectivity index (χ0n) is 17.7. The van der Waals surface area contributed by atoms with Crippen molar-refractivity contribution < 1.29 is 28.3 Å². The molecule has 0 saturated carbocycles. The van der Waals surface area contributed by atoms with E-state index in [9.17, 15) is 19.3 Å². The summed E-state index contributed by atoms with van der Waals surface area (Å²) in [5.41, 5.74) is 1.73. The number of esters is 1. The van der Waals surface area contributed by atoms with E-state index >= 15 is 0 Å². The topological polar surface area (TPSA) is 100 Å². The number of nitro groups is 1. The van der Waals surface area contributed by atoms with Crippen LogP contribution in [0.15, 0.2) is 71.4 Å². The van der Waals surface area contributed by atoms with E-state index in [1.54, 1.807) is 30.3 Å². The molecule has 0 spiro atoms. The predicted octanol–water partition coefficient (Wildman–Crippen LogP) is 5.27. The molecule has 0 atom stereocenters. The molecule has 0 aliphatic carbocycles. The van der Waals surface area contributed by atoms with E-state index < -0.39 is 10.9 Å². The summed E-state index contributed by atoms with van der Waals surface area (Å²) < 4.78 is 30.7. The minimum atomic E-state index is -0.645. The van der Waals surface area contributed by atoms with E-state index in [0.717, 1.165) is 0 Å². The van der Waals surface area contributed by atoms with Crippen LogP contribution in [0, 0.1) is 19.5 Å². The monoisotopic (exact) mass is 574 g/mol. The van der Waals surface area contributed by atoms with Crippen molar-refractivity contribution in [2.45, 2.75) is 6.61 Å². The van der Waals surface area contributed by atoms with Crippen molar-refractivity contribution >= 4 is 46.2 Å². The first kappa shape index (κ1) is 23.4. The standard InChI is InChI=1S/C24H16FIN2O6/c1-32-21-12-15(10-19(26)22(21)33-13-14-3-2-4-17(25)9-14)11-20-24(29)34-23(27-20)16-5-7-18(8-6-16)28(30)31/h2-12H,13H2,1H3/b20-11-. The number of benzene rings is 3. The average molecular weight is 574 g/mol. The van der Waals surface area contributed by atoms with Crippen molar-refractivity contribution in [3.05, 3.63) is 103 Å². The van der Waals surface area contributed by atoms with Crippen LogP contribution in [0.3, 0.4) is 0 Å². The molecule has 1 aliphatic rings. The third-order valence-corrected chi connectivity index (χ3v) is 5.57. The van der Waals surface area contributed by atoms with Crippen molar-refractivity contribution in [1.82, 2.24) is 0 Å². The average Bonchev–Trinajstić information content (AvgIpc) is 3.18. The van der Waals surface area contributed by atoms with Gasteiger partial charge in [0, 0.05) is 17.7 Å². The second kappa shape index (κ2) is 10.00. The first-order valence-electron chi connectivity index (χ1n) is 9.86. The van der Waals surface area contributed by atoms with Crippen molar-refractivity contribution in [1.29, 1.82) is 0 Å². The summed E-state index contributed by atoms with van der Waals surface area (Å²) in [6.45, 7) is 0.153. The van der Waals surface area contributed by atoms with Crippen LogP contribution >= 0.6 is 22.6 Å². The Labute approximate surface area is 207 Å². The van der Waals surface area contributed by atoms with Crippen LogP contribution in [-0.4, -0.2) is 23.9 Å². The number of aliphatic imine (C=N–C) groups is 1. The fraction of sp³-hybridized carbons (Fsp3) is 0.0833. The van der Waals surface area contributed by atoms with Gasteiger partial charge in [-0.1, -0.05) is 12.1 Å². The van der Waals surface area contributed by atoms with Gasteiger partial charge in [-0.25, -0.2) is 14.2 Å². The number of halogens is 2. The lowest BCUT2D eigenvalue weighted by Crippen LogP contribution is -2.05. The molecule has 0 unspecified atom stereocenters. The van der Waals surface area contributed by atoms with Gasteiger partial charge in [-0.2, -0.15) is 0 Å². The van der Waals surface area contributed by atoms with Crippen molar-refractivity contribution in [2.75, 3.05) is 7.11 Å². The van der Waals surface area contributed by atoms with Crippen molar-refractivity contribution in [2.24, 2.45) is 4.99 Å². The minimum Gasteiger partial charge on any atom is -0.493 e. The first-order valence-corrected chi connectivity index (χ1v) is 10.9. The van der Waals surface area contributed by atoms with Gasteiger partial charge in [0.05, 0.1) is 15.6 Å². The summed E-state index contributed by atoms with van der Waals surface area (Å²) in [5, 5.41) is 10.8. The number of ether oxygens (including phenoxy) is 3. The number of methoxy groups -OCH3 is 1. The van der Waals surface area contributed by atoms with Gasteiger partial charge in [-0.05, 0) is 76.2 Å². The Morgan fingerprint density at radius 1 is 1.18 bits per heavy atom. The molecular formula is C24H16FIN2O6. The fourth-order valence-electron chi connectivity index (χ4n) is 3.16. The highest BCUT2D eigenvalue weighted by atomic mass is 127. The molecular weight excluding hydrogens is 558 g/mol. The van der Waals surface area contributed by atoms with Crippen molar-refractivity contribution in [3.63, 3.8) is 0 Å². The number of non-ortho nitro benzene ring substituents is 1. The fourth-order valence-corrected chi connectivity index (χ4v) is 3.94. The smallest absolute Gasteiger partial charge is 0.363 e. The second-order valence-corrected chi connectivity index (χ2v) is 8.25. The summed E-state index contributed by atoms with van der Waals surface area (Å²) >= 11 is 2.08. The number of nitrogens with zero attached hydrogens (tertiary/aromatic N) is 2. The van der Waals surface area contributed by atoms with E-state index in [1.165, 1.54) is 43.5 Å². The normalized spacial score (nSPS) is 14.0. The number of rotatable bonds is 7. The predicted molar refractivity (Wildman–Crippen MR) is 130 cm³/mol. The molecule has 10 heteroatoms. The van der Waals surface area contributed by atoms with Crippen LogP contribution in [0.25, 0.3) is 6.08 Å². The summed E-state index contributed by atoms with van der Waals surface area (Å²) in [7, 11) is 1.49. The van der Waals surface area contributed by atoms with Gasteiger partial charge in [0.25, 0.3) is 5.69 Å². The van der Waals surface area contributed by atoms with E-state index in [2.05, 4.69) is 27.6 Å². The highest BCUT2D eigenvalue weighted by molar-refractivity contribution is 14.1. The highest BCUT2D eigenvalue weighted by Gasteiger charge is 2.25.